The average Bonchev–Trinajstić information content (AvgIpc) is 3.07. The minimum atomic E-state index is 0.315. The van der Waals surface area contributed by atoms with Gasteiger partial charge < -0.3 is 20.1 Å². The molecule has 2 N–H and O–H groups in total. The highest BCUT2D eigenvalue weighted by Crippen LogP contribution is 2.11. The van der Waals surface area contributed by atoms with Gasteiger partial charge in [0.1, 0.15) is 0 Å². The lowest BCUT2D eigenvalue weighted by Gasteiger charge is -2.25. The van der Waals surface area contributed by atoms with Crippen LogP contribution in [-0.2, 0) is 9.47 Å². The zero-order valence-corrected chi connectivity index (χ0v) is 16.1. The van der Waals surface area contributed by atoms with Gasteiger partial charge >= 0.3 is 0 Å². The molecule has 1 heterocycles. The quantitative estimate of drug-likeness (QED) is 0.322. The van der Waals surface area contributed by atoms with Crippen molar-refractivity contribution in [2.24, 2.45) is 4.99 Å². The van der Waals surface area contributed by atoms with Gasteiger partial charge in [0.05, 0.1) is 12.7 Å². The molecule has 0 aromatic heterocycles. The van der Waals surface area contributed by atoms with Crippen molar-refractivity contribution >= 4 is 5.96 Å². The van der Waals surface area contributed by atoms with Crippen molar-refractivity contribution < 1.29 is 9.47 Å². The normalized spacial score (nSPS) is 18.6. The Hall–Kier alpha value is -0.850. The van der Waals surface area contributed by atoms with Crippen LogP contribution in [0.25, 0.3) is 0 Å². The van der Waals surface area contributed by atoms with E-state index in [0.29, 0.717) is 12.1 Å². The third-order valence-electron chi connectivity index (χ3n) is 4.22. The van der Waals surface area contributed by atoms with Crippen LogP contribution in [0.5, 0.6) is 0 Å². The summed E-state index contributed by atoms with van der Waals surface area (Å²) in [6.07, 6.45) is 3.56. The van der Waals surface area contributed by atoms with Crippen LogP contribution in [0.15, 0.2) is 4.99 Å². The summed E-state index contributed by atoms with van der Waals surface area (Å²) in [4.78, 5) is 7.05. The van der Waals surface area contributed by atoms with Crippen molar-refractivity contribution in [1.29, 1.82) is 0 Å². The van der Waals surface area contributed by atoms with Crippen LogP contribution >= 0.6 is 0 Å². The van der Waals surface area contributed by atoms with Gasteiger partial charge in [-0.05, 0) is 46.6 Å². The molecule has 0 aromatic carbocycles. The molecule has 24 heavy (non-hydrogen) atoms. The molecule has 1 aliphatic rings. The Labute approximate surface area is 148 Å². The van der Waals surface area contributed by atoms with E-state index >= 15 is 0 Å². The molecule has 0 saturated carbocycles. The number of rotatable bonds is 12. The first-order chi connectivity index (χ1) is 11.7. The van der Waals surface area contributed by atoms with Crippen LogP contribution < -0.4 is 10.6 Å². The van der Waals surface area contributed by atoms with Gasteiger partial charge in [0.2, 0.25) is 0 Å². The summed E-state index contributed by atoms with van der Waals surface area (Å²) < 4.78 is 11.2. The van der Waals surface area contributed by atoms with Crippen molar-refractivity contribution in [1.82, 2.24) is 15.5 Å². The Kier molecular flexibility index (Phi) is 11.9. The Morgan fingerprint density at radius 3 is 2.79 bits per heavy atom. The maximum absolute atomic E-state index is 5.67. The predicted molar refractivity (Wildman–Crippen MR) is 101 cm³/mol. The Balaban J connectivity index is 2.14. The zero-order chi connectivity index (χ0) is 17.6. The molecule has 0 amide bonds. The molecule has 0 aliphatic carbocycles. The van der Waals surface area contributed by atoms with Crippen LogP contribution in [0.1, 0.15) is 47.0 Å². The molecule has 1 fully saturated rings. The summed E-state index contributed by atoms with van der Waals surface area (Å²) in [5.74, 6) is 0.899. The summed E-state index contributed by atoms with van der Waals surface area (Å²) in [5.41, 5.74) is 0. The minimum Gasteiger partial charge on any atom is -0.379 e. The van der Waals surface area contributed by atoms with E-state index in [1.165, 1.54) is 6.42 Å². The molecule has 0 aromatic rings. The molecule has 6 nitrogen and oxygen atoms in total. The number of nitrogens with zero attached hydrogens (tertiary/aromatic N) is 2. The highest BCUT2D eigenvalue weighted by Gasteiger charge is 2.14. The van der Waals surface area contributed by atoms with Gasteiger partial charge in [0.15, 0.2) is 5.96 Å². The molecule has 6 heteroatoms. The lowest BCUT2D eigenvalue weighted by molar-refractivity contribution is 0.0171. The minimum absolute atomic E-state index is 0.315. The fourth-order valence-electron chi connectivity index (χ4n) is 2.79. The van der Waals surface area contributed by atoms with E-state index in [4.69, 9.17) is 9.47 Å². The molecule has 142 valence electrons. The van der Waals surface area contributed by atoms with Crippen molar-refractivity contribution in [2.45, 2.75) is 59.1 Å². The van der Waals surface area contributed by atoms with Crippen LogP contribution in [-0.4, -0.2) is 75.5 Å². The van der Waals surface area contributed by atoms with Gasteiger partial charge in [-0.1, -0.05) is 6.92 Å². The van der Waals surface area contributed by atoms with Crippen molar-refractivity contribution in [2.75, 3.05) is 52.5 Å². The van der Waals surface area contributed by atoms with E-state index in [9.17, 15) is 0 Å². The molecule has 0 bridgehead atoms. The highest BCUT2D eigenvalue weighted by atomic mass is 16.5. The monoisotopic (exact) mass is 342 g/mol. The highest BCUT2D eigenvalue weighted by molar-refractivity contribution is 5.79. The topological polar surface area (TPSA) is 58.1 Å². The van der Waals surface area contributed by atoms with E-state index in [0.717, 1.165) is 71.3 Å². The fourth-order valence-corrected chi connectivity index (χ4v) is 2.79. The van der Waals surface area contributed by atoms with E-state index in [1.54, 1.807) is 0 Å². The van der Waals surface area contributed by atoms with E-state index in [2.05, 4.69) is 48.2 Å². The number of likely N-dealkylation sites (N-methyl/N-ethyl adjacent to an activating group) is 1. The number of hydrogen-bond acceptors (Lipinski definition) is 4. The molecule has 1 saturated heterocycles. The van der Waals surface area contributed by atoms with E-state index in [1.807, 2.05) is 0 Å². The molecular formula is C18H38N4O2. The van der Waals surface area contributed by atoms with Crippen LogP contribution in [0, 0.1) is 0 Å². The van der Waals surface area contributed by atoms with Crippen LogP contribution in [0.3, 0.4) is 0 Å². The van der Waals surface area contributed by atoms with Gasteiger partial charge in [-0.2, -0.15) is 0 Å². The number of aliphatic imine (C=N–C) groups is 1. The van der Waals surface area contributed by atoms with Gasteiger partial charge in [-0.15, -0.1) is 0 Å². The lowest BCUT2D eigenvalue weighted by Crippen LogP contribution is -2.43. The van der Waals surface area contributed by atoms with E-state index < -0.39 is 0 Å². The molecule has 1 unspecified atom stereocenters. The van der Waals surface area contributed by atoms with Crippen molar-refractivity contribution in [3.8, 4) is 0 Å². The standard InChI is InChI=1S/C18H38N4O2/c1-5-19-18(21-11-12-22(6-2)16(3)4)20-10-8-13-23-15-17-9-7-14-24-17/h16-17H,5-15H2,1-4H3,(H2,19,20,21). The van der Waals surface area contributed by atoms with Gasteiger partial charge in [-0.3, -0.25) is 9.89 Å². The second kappa shape index (κ2) is 13.4. The number of hydrogen-bond donors (Lipinski definition) is 2. The van der Waals surface area contributed by atoms with E-state index in [-0.39, 0.29) is 0 Å². The zero-order valence-electron chi connectivity index (χ0n) is 16.1. The first-order valence-corrected chi connectivity index (χ1v) is 9.62. The summed E-state index contributed by atoms with van der Waals surface area (Å²) in [6.45, 7) is 15.8. The maximum Gasteiger partial charge on any atom is 0.191 e. The average molecular weight is 343 g/mol. The molecule has 0 radical (unpaired) electrons. The number of guanidine groups is 1. The summed E-state index contributed by atoms with van der Waals surface area (Å²) >= 11 is 0. The molecule has 1 aliphatic heterocycles. The summed E-state index contributed by atoms with van der Waals surface area (Å²) in [7, 11) is 0. The molecule has 0 spiro atoms. The maximum atomic E-state index is 5.67. The number of nitrogens with one attached hydrogen (secondary N) is 2. The number of ether oxygens (including phenoxy) is 2. The van der Waals surface area contributed by atoms with Crippen molar-refractivity contribution in [3.63, 3.8) is 0 Å². The van der Waals surface area contributed by atoms with Crippen molar-refractivity contribution in [3.05, 3.63) is 0 Å². The Bertz CT molecular complexity index is 331. The molecule has 1 atom stereocenters. The third kappa shape index (κ3) is 9.45. The summed E-state index contributed by atoms with van der Waals surface area (Å²) in [5, 5.41) is 6.71. The van der Waals surface area contributed by atoms with Gasteiger partial charge in [-0.25, -0.2) is 0 Å². The summed E-state index contributed by atoms with van der Waals surface area (Å²) in [6, 6.07) is 0.581. The van der Waals surface area contributed by atoms with Gasteiger partial charge in [0.25, 0.3) is 0 Å². The Morgan fingerprint density at radius 1 is 1.33 bits per heavy atom. The molecule has 1 rings (SSSR count). The van der Waals surface area contributed by atoms with Crippen LogP contribution in [0.2, 0.25) is 0 Å². The van der Waals surface area contributed by atoms with Crippen LogP contribution in [0.4, 0.5) is 0 Å². The third-order valence-corrected chi connectivity index (χ3v) is 4.22. The predicted octanol–water partition coefficient (Wildman–Crippen LogP) is 1.86. The largest absolute Gasteiger partial charge is 0.379 e. The lowest BCUT2D eigenvalue weighted by atomic mass is 10.2. The van der Waals surface area contributed by atoms with Gasteiger partial charge in [0, 0.05) is 45.4 Å². The smallest absolute Gasteiger partial charge is 0.191 e. The second-order valence-corrected chi connectivity index (χ2v) is 6.47. The molecular weight excluding hydrogens is 304 g/mol. The first-order valence-electron chi connectivity index (χ1n) is 9.62. The first kappa shape index (κ1) is 21.2. The fraction of sp³-hybridized carbons (Fsp3) is 0.944. The Morgan fingerprint density at radius 2 is 2.17 bits per heavy atom. The SMILES string of the molecule is CCNC(=NCCCOCC1CCCO1)NCCN(CC)C(C)C. The second-order valence-electron chi connectivity index (χ2n) is 6.47.